The first kappa shape index (κ1) is 9.68. The van der Waals surface area contributed by atoms with Crippen molar-refractivity contribution in [3.05, 3.63) is 12.0 Å². The number of carbonyl (C=O) groups is 1. The highest BCUT2D eigenvalue weighted by Gasteiger charge is 2.07. The topological polar surface area (TPSA) is 121 Å². The van der Waals surface area contributed by atoms with Gasteiger partial charge in [0.15, 0.2) is 0 Å². The third-order valence-corrected chi connectivity index (χ3v) is 1.47. The number of primary amides is 1. The van der Waals surface area contributed by atoms with Crippen molar-refractivity contribution < 1.29 is 18.0 Å². The van der Waals surface area contributed by atoms with Crippen molar-refractivity contribution in [2.24, 2.45) is 5.73 Å². The van der Waals surface area contributed by atoms with Crippen molar-refractivity contribution in [3.63, 3.8) is 0 Å². The number of hydrogen-bond donors (Lipinski definition) is 2. The summed E-state index contributed by atoms with van der Waals surface area (Å²) in [6.45, 7) is 0. The number of rotatable bonds is 4. The molecule has 3 N–H and O–H groups in total. The zero-order valence-corrected chi connectivity index (χ0v) is 7.17. The Morgan fingerprint density at radius 2 is 2.54 bits per heavy atom. The van der Waals surface area contributed by atoms with Crippen LogP contribution >= 0.6 is 0 Å². The van der Waals surface area contributed by atoms with E-state index in [1.807, 2.05) is 0 Å². The van der Waals surface area contributed by atoms with Crippen molar-refractivity contribution in [1.29, 1.82) is 0 Å². The second kappa shape index (κ2) is 4.01. The van der Waals surface area contributed by atoms with E-state index in [2.05, 4.69) is 10.3 Å². The Hall–Kier alpha value is -1.41. The Labute approximate surface area is 75.6 Å². The van der Waals surface area contributed by atoms with Gasteiger partial charge in [-0.3, -0.25) is 9.00 Å². The van der Waals surface area contributed by atoms with Crippen LogP contribution in [0.2, 0.25) is 0 Å². The molecule has 1 heterocycles. The maximum absolute atomic E-state index is 10.5. The number of aromatic nitrogens is 1. The van der Waals surface area contributed by atoms with Gasteiger partial charge in [0.2, 0.25) is 5.76 Å². The molecule has 1 aromatic rings. The van der Waals surface area contributed by atoms with Crippen LogP contribution in [0.4, 0.5) is 6.01 Å². The van der Waals surface area contributed by atoms with E-state index in [-0.39, 0.29) is 17.7 Å². The summed E-state index contributed by atoms with van der Waals surface area (Å²) in [5.74, 6) is -1.22. The summed E-state index contributed by atoms with van der Waals surface area (Å²) < 4.78 is 24.9. The summed E-state index contributed by atoms with van der Waals surface area (Å²) in [5, 5.41) is 2.32. The third kappa shape index (κ3) is 2.84. The highest BCUT2D eigenvalue weighted by molar-refractivity contribution is 7.79. The molecular weight excluding hydrogens is 198 g/mol. The molecular formula is C5H6N3O4S-. The molecule has 0 saturated carbocycles. The minimum absolute atomic E-state index is 0.0574. The fraction of sp³-hybridized carbons (Fsp3) is 0.200. The minimum Gasteiger partial charge on any atom is -0.771 e. The van der Waals surface area contributed by atoms with Gasteiger partial charge in [0.05, 0.1) is 12.1 Å². The maximum Gasteiger partial charge on any atom is 0.295 e. The van der Waals surface area contributed by atoms with E-state index in [1.54, 1.807) is 0 Å². The highest BCUT2D eigenvalue weighted by atomic mass is 32.2. The molecule has 0 radical (unpaired) electrons. The molecule has 0 fully saturated rings. The standard InChI is InChI=1S/C5H7N3O4S/c6-4(9)3-1-7-5(12-3)8-2-13(10)11/h1H,2H2,(H2,6,9)(H,7,8)(H,10,11)/p-1. The van der Waals surface area contributed by atoms with Crippen LogP contribution in [-0.2, 0) is 11.1 Å². The third-order valence-electron chi connectivity index (χ3n) is 1.09. The van der Waals surface area contributed by atoms with Gasteiger partial charge >= 0.3 is 0 Å². The van der Waals surface area contributed by atoms with E-state index in [9.17, 15) is 13.6 Å². The molecule has 1 rings (SSSR count). The predicted molar refractivity (Wildman–Crippen MR) is 42.4 cm³/mol. The smallest absolute Gasteiger partial charge is 0.295 e. The van der Waals surface area contributed by atoms with Crippen LogP contribution < -0.4 is 11.1 Å². The molecule has 13 heavy (non-hydrogen) atoms. The Kier molecular flexibility index (Phi) is 2.98. The molecule has 0 aliphatic rings. The van der Waals surface area contributed by atoms with Gasteiger partial charge in [0.1, 0.15) is 0 Å². The first-order chi connectivity index (χ1) is 6.09. The van der Waals surface area contributed by atoms with Crippen LogP contribution in [0.1, 0.15) is 10.6 Å². The van der Waals surface area contributed by atoms with Crippen LogP contribution in [0.5, 0.6) is 0 Å². The number of oxazole rings is 1. The van der Waals surface area contributed by atoms with Gasteiger partial charge in [0.25, 0.3) is 11.9 Å². The Balaban J connectivity index is 2.59. The molecule has 0 aromatic carbocycles. The van der Waals surface area contributed by atoms with E-state index in [4.69, 9.17) is 10.2 Å². The number of anilines is 1. The number of carbonyl (C=O) groups excluding carboxylic acids is 1. The van der Waals surface area contributed by atoms with Gasteiger partial charge in [-0.15, -0.1) is 0 Å². The lowest BCUT2D eigenvalue weighted by Crippen LogP contribution is -2.09. The van der Waals surface area contributed by atoms with Crippen LogP contribution in [0, 0.1) is 0 Å². The lowest BCUT2D eigenvalue weighted by atomic mass is 10.5. The largest absolute Gasteiger partial charge is 0.771 e. The fourth-order valence-electron chi connectivity index (χ4n) is 0.590. The molecule has 0 spiro atoms. The van der Waals surface area contributed by atoms with Gasteiger partial charge in [0, 0.05) is 0 Å². The zero-order valence-electron chi connectivity index (χ0n) is 6.35. The van der Waals surface area contributed by atoms with E-state index in [0.717, 1.165) is 6.20 Å². The molecule has 7 nitrogen and oxygen atoms in total. The van der Waals surface area contributed by atoms with Gasteiger partial charge in [-0.25, -0.2) is 4.98 Å². The van der Waals surface area contributed by atoms with Gasteiger partial charge in [-0.1, -0.05) is 0 Å². The number of amides is 1. The number of nitrogens with two attached hydrogens (primary N) is 1. The molecule has 0 bridgehead atoms. The van der Waals surface area contributed by atoms with E-state index < -0.39 is 17.0 Å². The monoisotopic (exact) mass is 204 g/mol. The molecule has 72 valence electrons. The van der Waals surface area contributed by atoms with Crippen LogP contribution in [0.25, 0.3) is 0 Å². The average Bonchev–Trinajstić information content (AvgIpc) is 2.48. The molecule has 8 heteroatoms. The summed E-state index contributed by atoms with van der Waals surface area (Å²) in [6.07, 6.45) is 1.11. The van der Waals surface area contributed by atoms with Crippen molar-refractivity contribution in [1.82, 2.24) is 4.98 Å². The summed E-state index contributed by atoms with van der Waals surface area (Å²) in [5.41, 5.74) is 4.86. The summed E-state index contributed by atoms with van der Waals surface area (Å²) >= 11 is -2.24. The number of hydrogen-bond acceptors (Lipinski definition) is 6. The predicted octanol–water partition coefficient (Wildman–Crippen LogP) is -0.978. The van der Waals surface area contributed by atoms with E-state index >= 15 is 0 Å². The Bertz CT molecular complexity index is 336. The number of nitrogens with zero attached hydrogens (tertiary/aromatic N) is 1. The molecule has 1 atom stereocenters. The van der Waals surface area contributed by atoms with Gasteiger partial charge < -0.3 is 20.0 Å². The maximum atomic E-state index is 10.5. The van der Waals surface area contributed by atoms with Crippen LogP contribution in [0.15, 0.2) is 10.6 Å². The fourth-order valence-corrected chi connectivity index (χ4v) is 0.832. The molecule has 1 aromatic heterocycles. The second-order valence-corrected chi connectivity index (χ2v) is 2.91. The van der Waals surface area contributed by atoms with Crippen molar-refractivity contribution >= 4 is 23.0 Å². The minimum atomic E-state index is -2.24. The van der Waals surface area contributed by atoms with Crippen LogP contribution in [-0.4, -0.2) is 25.5 Å². The highest BCUT2D eigenvalue weighted by Crippen LogP contribution is 2.07. The van der Waals surface area contributed by atoms with Gasteiger partial charge in [-0.05, 0) is 11.1 Å². The normalized spacial score (nSPS) is 12.4. The first-order valence-electron chi connectivity index (χ1n) is 3.15. The van der Waals surface area contributed by atoms with Gasteiger partial charge in [-0.2, -0.15) is 0 Å². The molecule has 1 amide bonds. The van der Waals surface area contributed by atoms with Crippen molar-refractivity contribution in [2.45, 2.75) is 0 Å². The summed E-state index contributed by atoms with van der Waals surface area (Å²) in [4.78, 5) is 14.0. The quantitative estimate of drug-likeness (QED) is 0.608. The molecule has 1 unspecified atom stereocenters. The summed E-state index contributed by atoms with van der Waals surface area (Å²) in [6, 6.07) is -0.0574. The summed E-state index contributed by atoms with van der Waals surface area (Å²) in [7, 11) is 0. The SMILES string of the molecule is NC(=O)c1cnc(NCS(=O)[O-])o1. The number of nitrogens with one attached hydrogen (secondary N) is 1. The lowest BCUT2D eigenvalue weighted by Gasteiger charge is -2.03. The molecule has 0 aliphatic heterocycles. The molecule has 0 aliphatic carbocycles. The van der Waals surface area contributed by atoms with Crippen molar-refractivity contribution in [2.75, 3.05) is 11.2 Å². The lowest BCUT2D eigenvalue weighted by molar-refractivity contribution is 0.0975. The molecule has 0 saturated heterocycles. The average molecular weight is 204 g/mol. The Morgan fingerprint density at radius 1 is 1.85 bits per heavy atom. The van der Waals surface area contributed by atoms with E-state index in [1.165, 1.54) is 0 Å². The Morgan fingerprint density at radius 3 is 3.00 bits per heavy atom. The second-order valence-electron chi connectivity index (χ2n) is 2.02. The zero-order chi connectivity index (χ0) is 9.84. The van der Waals surface area contributed by atoms with Crippen molar-refractivity contribution in [3.8, 4) is 0 Å². The van der Waals surface area contributed by atoms with E-state index in [0.29, 0.717) is 0 Å². The van der Waals surface area contributed by atoms with Crippen LogP contribution in [0.3, 0.4) is 0 Å². The first-order valence-corrected chi connectivity index (χ1v) is 4.39.